The lowest BCUT2D eigenvalue weighted by Crippen LogP contribution is -2.49. The number of morpholine rings is 1. The molecule has 0 radical (unpaired) electrons. The van der Waals surface area contributed by atoms with Crippen LogP contribution in [0.1, 0.15) is 54.4 Å². The number of aromatic carboxylic acids is 1. The molecular formula is C29H32FN5O6S. The molecule has 1 fully saturated rings. The summed E-state index contributed by atoms with van der Waals surface area (Å²) in [4.78, 5) is 50.1. The highest BCUT2D eigenvalue weighted by Gasteiger charge is 2.27. The number of hydrogen-bond donors (Lipinski definition) is 1. The zero-order valence-electron chi connectivity index (χ0n) is 23.6. The molecule has 1 saturated heterocycles. The molecule has 1 aliphatic heterocycles. The van der Waals surface area contributed by atoms with Gasteiger partial charge in [0.25, 0.3) is 0 Å². The van der Waals surface area contributed by atoms with Crippen LogP contribution >= 0.6 is 11.3 Å². The number of aromatic nitrogens is 4. The fourth-order valence-corrected chi connectivity index (χ4v) is 5.91. The van der Waals surface area contributed by atoms with Gasteiger partial charge < -0.3 is 24.0 Å². The van der Waals surface area contributed by atoms with Gasteiger partial charge >= 0.3 is 11.5 Å². The average molecular weight is 598 g/mol. The highest BCUT2D eigenvalue weighted by Crippen LogP contribution is 2.31. The van der Waals surface area contributed by atoms with Crippen LogP contribution in [-0.2, 0) is 22.5 Å². The summed E-state index contributed by atoms with van der Waals surface area (Å²) in [6, 6.07) is 3.64. The first kappa shape index (κ1) is 29.4. The smallest absolute Gasteiger partial charge is 0.336 e. The van der Waals surface area contributed by atoms with Gasteiger partial charge in [-0.25, -0.2) is 23.6 Å². The Kier molecular flexibility index (Phi) is 8.69. The highest BCUT2D eigenvalue weighted by atomic mass is 32.1. The fourth-order valence-electron chi connectivity index (χ4n) is 4.99. The number of carboxylic acid groups (broad SMARTS) is 1. The van der Waals surface area contributed by atoms with Crippen molar-refractivity contribution in [3.05, 3.63) is 69.0 Å². The topological polar surface area (TPSA) is 128 Å². The summed E-state index contributed by atoms with van der Waals surface area (Å²) in [5, 5.41) is 9.93. The Morgan fingerprint density at radius 3 is 2.69 bits per heavy atom. The third-order valence-corrected chi connectivity index (χ3v) is 7.96. The fraction of sp³-hybridized carbons (Fsp3) is 0.414. The Bertz CT molecular complexity index is 1670. The lowest BCUT2D eigenvalue weighted by molar-refractivity contribution is -0.143. The molecule has 0 bridgehead atoms. The van der Waals surface area contributed by atoms with Crippen molar-refractivity contribution in [1.82, 2.24) is 23.8 Å². The maximum atomic E-state index is 13.7. The molecule has 42 heavy (non-hydrogen) atoms. The van der Waals surface area contributed by atoms with Crippen LogP contribution in [0.2, 0.25) is 0 Å². The van der Waals surface area contributed by atoms with Crippen molar-refractivity contribution < 1.29 is 28.6 Å². The lowest BCUT2D eigenvalue weighted by atomic mass is 10.0. The molecule has 5 rings (SSSR count). The second-order valence-electron chi connectivity index (χ2n) is 10.4. The molecule has 1 aromatic carbocycles. The summed E-state index contributed by atoms with van der Waals surface area (Å²) in [5.41, 5.74) is 0.124. The van der Waals surface area contributed by atoms with Gasteiger partial charge in [-0.1, -0.05) is 19.4 Å². The summed E-state index contributed by atoms with van der Waals surface area (Å²) in [7, 11) is 0. The van der Waals surface area contributed by atoms with Crippen molar-refractivity contribution in [3.8, 4) is 16.5 Å². The highest BCUT2D eigenvalue weighted by molar-refractivity contribution is 7.15. The van der Waals surface area contributed by atoms with Crippen LogP contribution in [-0.4, -0.2) is 72.7 Å². The summed E-state index contributed by atoms with van der Waals surface area (Å²) in [6.07, 6.45) is 6.45. The molecule has 0 unspecified atom stereocenters. The maximum absolute atomic E-state index is 13.7. The molecule has 222 valence electrons. The lowest BCUT2D eigenvalue weighted by Gasteiger charge is -2.35. The summed E-state index contributed by atoms with van der Waals surface area (Å²) >= 11 is 1.23. The minimum Gasteiger partial charge on any atom is -0.486 e. The van der Waals surface area contributed by atoms with E-state index in [2.05, 4.69) is 4.98 Å². The number of halogens is 1. The van der Waals surface area contributed by atoms with Crippen molar-refractivity contribution in [2.24, 2.45) is 0 Å². The maximum Gasteiger partial charge on any atom is 0.336 e. The second kappa shape index (κ2) is 12.4. The van der Waals surface area contributed by atoms with Crippen molar-refractivity contribution >= 4 is 29.0 Å². The molecule has 1 aliphatic rings. The number of hydrogen-bond acceptors (Lipinski definition) is 8. The number of ether oxygens (including phenoxy) is 2. The van der Waals surface area contributed by atoms with E-state index in [1.54, 1.807) is 28.1 Å². The monoisotopic (exact) mass is 597 g/mol. The Morgan fingerprint density at radius 1 is 1.21 bits per heavy atom. The molecule has 0 aliphatic carbocycles. The van der Waals surface area contributed by atoms with E-state index in [1.165, 1.54) is 27.9 Å². The molecule has 4 aromatic rings. The molecule has 1 N–H and O–H groups in total. The SMILES string of the molecule is CCCCOc1c(-c2ncc(Cc3ccc(F)cc3C(=O)O)s2)nc2n(CC(=O)N3C[C@H](C)O[C@@H](C)C3)ccn2c1=O. The van der Waals surface area contributed by atoms with Crippen LogP contribution in [0.15, 0.2) is 41.6 Å². The average Bonchev–Trinajstić information content (AvgIpc) is 3.57. The predicted octanol–water partition coefficient (Wildman–Crippen LogP) is 3.86. The van der Waals surface area contributed by atoms with Gasteiger partial charge in [0, 0.05) is 43.0 Å². The van der Waals surface area contributed by atoms with E-state index in [0.717, 1.165) is 18.9 Å². The molecule has 0 saturated carbocycles. The first-order valence-electron chi connectivity index (χ1n) is 13.8. The largest absolute Gasteiger partial charge is 0.486 e. The van der Waals surface area contributed by atoms with Gasteiger partial charge in [0.2, 0.25) is 17.4 Å². The number of unbranched alkanes of at least 4 members (excludes halogenated alkanes) is 1. The van der Waals surface area contributed by atoms with Gasteiger partial charge in [-0.3, -0.25) is 9.59 Å². The molecular weight excluding hydrogens is 565 g/mol. The van der Waals surface area contributed by atoms with Crippen LogP contribution in [0.5, 0.6) is 5.75 Å². The summed E-state index contributed by atoms with van der Waals surface area (Å²) < 4.78 is 28.3. The van der Waals surface area contributed by atoms with Crippen molar-refractivity contribution in [2.45, 2.75) is 58.8 Å². The number of benzene rings is 1. The number of thiazole rings is 1. The van der Waals surface area contributed by atoms with Crippen LogP contribution in [0.3, 0.4) is 0 Å². The number of rotatable bonds is 10. The number of carbonyl (C=O) groups is 2. The minimum absolute atomic E-state index is 0.0104. The summed E-state index contributed by atoms with van der Waals surface area (Å²) in [6.45, 7) is 7.13. The van der Waals surface area contributed by atoms with Gasteiger partial charge in [-0.15, -0.1) is 11.3 Å². The molecule has 13 heteroatoms. The van der Waals surface area contributed by atoms with Gasteiger partial charge in [0.15, 0.2) is 5.69 Å². The first-order valence-corrected chi connectivity index (χ1v) is 14.6. The van der Waals surface area contributed by atoms with Crippen LogP contribution in [0.4, 0.5) is 4.39 Å². The number of carbonyl (C=O) groups excluding carboxylic acids is 1. The number of amides is 1. The van der Waals surface area contributed by atoms with Crippen molar-refractivity contribution in [1.29, 1.82) is 0 Å². The van der Waals surface area contributed by atoms with E-state index < -0.39 is 17.3 Å². The molecule has 11 nitrogen and oxygen atoms in total. The predicted molar refractivity (Wildman–Crippen MR) is 154 cm³/mol. The van der Waals surface area contributed by atoms with Crippen molar-refractivity contribution in [2.75, 3.05) is 19.7 Å². The molecule has 4 heterocycles. The Hall–Kier alpha value is -4.10. The Morgan fingerprint density at radius 2 is 1.98 bits per heavy atom. The van der Waals surface area contributed by atoms with Crippen LogP contribution in [0, 0.1) is 5.82 Å². The zero-order valence-corrected chi connectivity index (χ0v) is 24.4. The van der Waals surface area contributed by atoms with E-state index in [4.69, 9.17) is 14.5 Å². The zero-order chi connectivity index (χ0) is 30.0. The standard InChI is InChI=1S/C29H32FN5O6S/c1-4-5-10-40-25-24(26-31-13-21(42-26)11-19-6-7-20(30)12-22(19)28(38)39)32-29-33(8-9-35(29)27(25)37)16-23(36)34-14-17(2)41-18(3)15-34/h6-9,12-13,17-18H,4-5,10-11,14-16H2,1-3H3,(H,38,39)/t17-,18-/m0/s1. The molecule has 0 spiro atoms. The minimum atomic E-state index is -1.22. The van der Waals surface area contributed by atoms with E-state index in [0.29, 0.717) is 35.1 Å². The number of nitrogens with zero attached hydrogens (tertiary/aromatic N) is 5. The van der Waals surface area contributed by atoms with E-state index in [1.807, 2.05) is 20.8 Å². The molecule has 3 aromatic heterocycles. The molecule has 2 atom stereocenters. The first-order chi connectivity index (χ1) is 20.1. The van der Waals surface area contributed by atoms with E-state index in [9.17, 15) is 23.9 Å². The van der Waals surface area contributed by atoms with E-state index in [-0.39, 0.29) is 53.9 Å². The Balaban J connectivity index is 1.50. The van der Waals surface area contributed by atoms with Crippen LogP contribution < -0.4 is 10.3 Å². The number of imidazole rings is 1. The number of carboxylic acids is 1. The van der Waals surface area contributed by atoms with Gasteiger partial charge in [0.1, 0.15) is 17.4 Å². The quantitative estimate of drug-likeness (QED) is 0.273. The third-order valence-electron chi connectivity index (χ3n) is 6.95. The van der Waals surface area contributed by atoms with Gasteiger partial charge in [-0.2, -0.15) is 0 Å². The van der Waals surface area contributed by atoms with Crippen molar-refractivity contribution in [3.63, 3.8) is 0 Å². The summed E-state index contributed by atoms with van der Waals surface area (Å²) in [5.74, 6) is -1.65. The third kappa shape index (κ3) is 6.21. The normalized spacial score (nSPS) is 17.1. The van der Waals surface area contributed by atoms with E-state index >= 15 is 0 Å². The molecule has 1 amide bonds. The Labute approximate surface area is 245 Å². The number of fused-ring (bicyclic) bond motifs is 1. The van der Waals surface area contributed by atoms with Gasteiger partial charge in [0.05, 0.1) is 24.4 Å². The second-order valence-corrected chi connectivity index (χ2v) is 11.5. The van der Waals surface area contributed by atoms with Gasteiger partial charge in [-0.05, 0) is 38.0 Å². The van der Waals surface area contributed by atoms with Crippen LogP contribution in [0.25, 0.3) is 16.5 Å².